The third kappa shape index (κ3) is 6.14. The number of halogens is 2. The monoisotopic (exact) mass is 327 g/mol. The maximum absolute atomic E-state index is 13.4. The number of hydrogen-bond acceptors (Lipinski definition) is 3. The largest absolute Gasteiger partial charge is 0.480 e. The zero-order valence-corrected chi connectivity index (χ0v) is 12.9. The molecule has 0 fully saturated rings. The van der Waals surface area contributed by atoms with E-state index in [1.54, 1.807) is 0 Å². The third-order valence-corrected chi connectivity index (χ3v) is 3.15. The summed E-state index contributed by atoms with van der Waals surface area (Å²) in [7, 11) is 0. The van der Waals surface area contributed by atoms with Gasteiger partial charge < -0.3 is 10.4 Å². The number of carboxylic acid groups (broad SMARTS) is 1. The topological polar surface area (TPSA) is 83.5 Å². The number of aliphatic carboxylic acids is 1. The number of benzene rings is 1. The molecule has 1 aromatic rings. The van der Waals surface area contributed by atoms with Crippen molar-refractivity contribution in [3.63, 3.8) is 0 Å². The average molecular weight is 327 g/mol. The minimum atomic E-state index is -1.15. The highest BCUT2D eigenvalue weighted by Gasteiger charge is 2.21. The number of carboxylic acids is 1. The Balaban J connectivity index is 2.58. The normalized spacial score (nSPS) is 12.0. The van der Waals surface area contributed by atoms with Crippen LogP contribution in [-0.2, 0) is 9.59 Å². The third-order valence-electron chi connectivity index (χ3n) is 3.15. The quantitative estimate of drug-likeness (QED) is 0.719. The molecule has 0 aliphatic rings. The number of amides is 1. The van der Waals surface area contributed by atoms with Gasteiger partial charge in [0.2, 0.25) is 5.91 Å². The first-order valence-electron chi connectivity index (χ1n) is 7.21. The molecule has 126 valence electrons. The highest BCUT2D eigenvalue weighted by Crippen LogP contribution is 2.13. The van der Waals surface area contributed by atoms with E-state index < -0.39 is 35.3 Å². The average Bonchev–Trinajstić information content (AvgIpc) is 2.43. The molecule has 0 unspecified atom stereocenters. The van der Waals surface area contributed by atoms with Crippen LogP contribution in [0.2, 0.25) is 0 Å². The summed E-state index contributed by atoms with van der Waals surface area (Å²) in [4.78, 5) is 34.6. The lowest BCUT2D eigenvalue weighted by molar-refractivity contribution is -0.142. The van der Waals surface area contributed by atoms with E-state index in [0.29, 0.717) is 6.07 Å². The van der Waals surface area contributed by atoms with Crippen LogP contribution in [0.4, 0.5) is 8.78 Å². The maximum Gasteiger partial charge on any atom is 0.326 e. The van der Waals surface area contributed by atoms with Crippen LogP contribution in [0.3, 0.4) is 0 Å². The van der Waals surface area contributed by atoms with Crippen LogP contribution in [0.1, 0.15) is 43.5 Å². The lowest BCUT2D eigenvalue weighted by Gasteiger charge is -2.16. The Hall–Kier alpha value is -2.31. The Morgan fingerprint density at radius 1 is 1.17 bits per heavy atom. The van der Waals surface area contributed by atoms with Crippen LogP contribution in [0, 0.1) is 17.6 Å². The van der Waals surface area contributed by atoms with Crippen molar-refractivity contribution in [1.82, 2.24) is 5.32 Å². The zero-order chi connectivity index (χ0) is 17.6. The molecule has 0 aromatic heterocycles. The number of rotatable bonds is 8. The summed E-state index contributed by atoms with van der Waals surface area (Å²) in [6, 6.07) is 1.54. The van der Waals surface area contributed by atoms with Crippen LogP contribution in [0.25, 0.3) is 0 Å². The van der Waals surface area contributed by atoms with Gasteiger partial charge in [-0.2, -0.15) is 0 Å². The standard InChI is InChI=1S/C16H19F2NO4/c1-9(2)7-13(16(22)23)19-15(21)6-5-14(20)11-4-3-10(17)8-12(11)18/h3-4,8-9,13H,5-7H2,1-2H3,(H,19,21)(H,22,23)/t13-/m0/s1. The van der Waals surface area contributed by atoms with Crippen molar-refractivity contribution in [2.24, 2.45) is 5.92 Å². The summed E-state index contributed by atoms with van der Waals surface area (Å²) in [6.45, 7) is 3.64. The van der Waals surface area contributed by atoms with Crippen molar-refractivity contribution in [2.75, 3.05) is 0 Å². The van der Waals surface area contributed by atoms with Gasteiger partial charge in [-0.1, -0.05) is 13.8 Å². The smallest absolute Gasteiger partial charge is 0.326 e. The van der Waals surface area contributed by atoms with E-state index in [0.717, 1.165) is 12.1 Å². The predicted octanol–water partition coefficient (Wildman–Crippen LogP) is 2.54. The molecule has 0 spiro atoms. The fourth-order valence-electron chi connectivity index (χ4n) is 2.04. The maximum atomic E-state index is 13.4. The van der Waals surface area contributed by atoms with Gasteiger partial charge in [0.1, 0.15) is 17.7 Å². The van der Waals surface area contributed by atoms with Crippen molar-refractivity contribution >= 4 is 17.7 Å². The molecule has 7 heteroatoms. The summed E-state index contributed by atoms with van der Waals surface area (Å²) in [5.74, 6) is -4.11. The van der Waals surface area contributed by atoms with Gasteiger partial charge in [0.15, 0.2) is 5.78 Å². The molecule has 5 nitrogen and oxygen atoms in total. The molecule has 23 heavy (non-hydrogen) atoms. The minimum absolute atomic E-state index is 0.0753. The van der Waals surface area contributed by atoms with Crippen molar-refractivity contribution in [1.29, 1.82) is 0 Å². The van der Waals surface area contributed by atoms with E-state index in [9.17, 15) is 23.2 Å². The van der Waals surface area contributed by atoms with Crippen LogP contribution in [0.15, 0.2) is 18.2 Å². The lowest BCUT2D eigenvalue weighted by atomic mass is 10.0. The van der Waals surface area contributed by atoms with Crippen molar-refractivity contribution < 1.29 is 28.3 Å². The molecule has 0 heterocycles. The van der Waals surface area contributed by atoms with Gasteiger partial charge >= 0.3 is 5.97 Å². The fourth-order valence-corrected chi connectivity index (χ4v) is 2.04. The van der Waals surface area contributed by atoms with Crippen molar-refractivity contribution in [3.8, 4) is 0 Å². The van der Waals surface area contributed by atoms with E-state index in [-0.39, 0.29) is 30.7 Å². The van der Waals surface area contributed by atoms with Crippen LogP contribution >= 0.6 is 0 Å². The summed E-state index contributed by atoms with van der Waals surface area (Å²) in [5, 5.41) is 11.4. The first kappa shape index (κ1) is 18.7. The molecule has 0 saturated carbocycles. The van der Waals surface area contributed by atoms with Crippen LogP contribution in [-0.4, -0.2) is 28.8 Å². The molecule has 0 aliphatic carbocycles. The molecular weight excluding hydrogens is 308 g/mol. The summed E-state index contributed by atoms with van der Waals surface area (Å²) in [5.41, 5.74) is -0.295. The number of hydrogen-bond donors (Lipinski definition) is 2. The van der Waals surface area contributed by atoms with Crippen LogP contribution in [0.5, 0.6) is 0 Å². The Morgan fingerprint density at radius 3 is 2.35 bits per heavy atom. The number of carbonyl (C=O) groups excluding carboxylic acids is 2. The van der Waals surface area contributed by atoms with E-state index in [1.807, 2.05) is 13.8 Å². The molecule has 0 radical (unpaired) electrons. The zero-order valence-electron chi connectivity index (χ0n) is 12.9. The van der Waals surface area contributed by atoms with E-state index in [4.69, 9.17) is 5.11 Å². The molecule has 0 saturated heterocycles. The van der Waals surface area contributed by atoms with E-state index in [2.05, 4.69) is 5.32 Å². The minimum Gasteiger partial charge on any atom is -0.480 e. The Labute approximate surface area is 132 Å². The lowest BCUT2D eigenvalue weighted by Crippen LogP contribution is -2.41. The Morgan fingerprint density at radius 2 is 1.83 bits per heavy atom. The molecule has 2 N–H and O–H groups in total. The molecule has 1 atom stereocenters. The number of carbonyl (C=O) groups is 3. The van der Waals surface area contributed by atoms with Crippen LogP contribution < -0.4 is 5.32 Å². The Kier molecular flexibility index (Phi) is 6.81. The highest BCUT2D eigenvalue weighted by molar-refractivity contribution is 5.98. The second-order valence-electron chi connectivity index (χ2n) is 5.64. The van der Waals surface area contributed by atoms with Crippen molar-refractivity contribution in [2.45, 2.75) is 39.2 Å². The number of nitrogens with one attached hydrogen (secondary N) is 1. The van der Waals surface area contributed by atoms with Gasteiger partial charge in [-0.3, -0.25) is 9.59 Å². The van der Waals surface area contributed by atoms with E-state index in [1.165, 1.54) is 0 Å². The number of ketones is 1. The second kappa shape index (κ2) is 8.36. The number of Topliss-reactive ketones (excluding diaryl/α,β-unsaturated/α-hetero) is 1. The predicted molar refractivity (Wildman–Crippen MR) is 78.9 cm³/mol. The van der Waals surface area contributed by atoms with Gasteiger partial charge in [0.25, 0.3) is 0 Å². The molecule has 0 aliphatic heterocycles. The van der Waals surface area contributed by atoms with Crippen molar-refractivity contribution in [3.05, 3.63) is 35.4 Å². The second-order valence-corrected chi connectivity index (χ2v) is 5.64. The molecule has 1 aromatic carbocycles. The SMILES string of the molecule is CC(C)C[C@H](NC(=O)CCC(=O)c1ccc(F)cc1F)C(=O)O. The first-order chi connectivity index (χ1) is 10.7. The Bertz CT molecular complexity index is 602. The molecule has 1 rings (SSSR count). The molecule has 1 amide bonds. The van der Waals surface area contributed by atoms with Gasteiger partial charge in [0.05, 0.1) is 5.56 Å². The summed E-state index contributed by atoms with van der Waals surface area (Å²) >= 11 is 0. The highest BCUT2D eigenvalue weighted by atomic mass is 19.1. The molecular formula is C16H19F2NO4. The first-order valence-corrected chi connectivity index (χ1v) is 7.21. The summed E-state index contributed by atoms with van der Waals surface area (Å²) < 4.78 is 26.2. The van der Waals surface area contributed by atoms with E-state index >= 15 is 0 Å². The van der Waals surface area contributed by atoms with Gasteiger partial charge in [-0.05, 0) is 24.5 Å². The van der Waals surface area contributed by atoms with Gasteiger partial charge in [-0.25, -0.2) is 13.6 Å². The van der Waals surface area contributed by atoms with Gasteiger partial charge in [-0.15, -0.1) is 0 Å². The fraction of sp³-hybridized carbons (Fsp3) is 0.438. The van der Waals surface area contributed by atoms with Gasteiger partial charge in [0, 0.05) is 18.9 Å². The molecule has 0 bridgehead atoms. The summed E-state index contributed by atoms with van der Waals surface area (Å²) in [6.07, 6.45) is -0.290.